The van der Waals surface area contributed by atoms with Crippen molar-refractivity contribution in [3.63, 3.8) is 0 Å². The van der Waals surface area contributed by atoms with Gasteiger partial charge in [0.1, 0.15) is 22.1 Å². The molecule has 2 aromatic heterocycles. The number of hydrogen-bond donors (Lipinski definition) is 0. The van der Waals surface area contributed by atoms with Crippen LogP contribution in [-0.2, 0) is 0 Å². The molecule has 0 aliphatic heterocycles. The first kappa shape index (κ1) is 18.4. The molecule has 5 aromatic carbocycles. The maximum atomic E-state index is 12.8. The van der Waals surface area contributed by atoms with Gasteiger partial charge in [-0.1, -0.05) is 62.4 Å². The number of benzene rings is 3. The summed E-state index contributed by atoms with van der Waals surface area (Å²) >= 11 is 0. The van der Waals surface area contributed by atoms with Crippen molar-refractivity contribution in [1.29, 1.82) is 0 Å². The maximum absolute atomic E-state index is 12.8. The monoisotopic (exact) mass is 416 g/mol. The van der Waals surface area contributed by atoms with E-state index in [0.29, 0.717) is 54.9 Å². The third-order valence-corrected chi connectivity index (χ3v) is 5.73. The second-order valence-corrected chi connectivity index (χ2v) is 7.42. The van der Waals surface area contributed by atoms with Crippen LogP contribution in [0.25, 0.3) is 65.7 Å². The molecule has 7 rings (SSSR count). The van der Waals surface area contributed by atoms with Crippen LogP contribution < -0.4 is 10.9 Å². The van der Waals surface area contributed by atoms with Crippen LogP contribution in [0.2, 0.25) is 0 Å². The molecule has 152 valence electrons. The Labute approximate surface area is 180 Å². The summed E-state index contributed by atoms with van der Waals surface area (Å²) in [7, 11) is 0. The third kappa shape index (κ3) is 2.34. The maximum Gasteiger partial charge on any atom is 0.214 e. The van der Waals surface area contributed by atoms with Gasteiger partial charge in [0.15, 0.2) is 0 Å². The molecule has 0 fully saturated rings. The number of nitrogens with zero attached hydrogens (tertiary/aromatic N) is 4. The summed E-state index contributed by atoms with van der Waals surface area (Å²) in [5.74, 6) is 0. The van der Waals surface area contributed by atoms with Crippen molar-refractivity contribution in [2.24, 2.45) is 0 Å². The standard InChI is InChI=1S/C24H10N4O2.C2H6/c29-23-13-7-3-1-5-11(13)19-21(23)27-17-10-16-18(9-15(17)25-19)28-22-20(26-16)12-6-2-4-8-14(12)24(22)30;1-2/h1-10H;1-2H3. The highest BCUT2D eigenvalue weighted by atomic mass is 16.1. The van der Waals surface area contributed by atoms with Crippen molar-refractivity contribution in [2.75, 3.05) is 0 Å². The molecule has 0 aliphatic rings. The van der Waals surface area contributed by atoms with E-state index in [-0.39, 0.29) is 10.9 Å². The Morgan fingerprint density at radius 3 is 1.16 bits per heavy atom. The van der Waals surface area contributed by atoms with Crippen LogP contribution >= 0.6 is 0 Å². The Kier molecular flexibility index (Phi) is 3.80. The summed E-state index contributed by atoms with van der Waals surface area (Å²) in [5, 5.41) is 2.81. The summed E-state index contributed by atoms with van der Waals surface area (Å²) in [6.07, 6.45) is 0. The van der Waals surface area contributed by atoms with Crippen molar-refractivity contribution in [3.8, 4) is 0 Å². The average molecular weight is 416 g/mol. The second-order valence-electron chi connectivity index (χ2n) is 7.42. The minimum Gasteiger partial charge on any atom is -0.287 e. The van der Waals surface area contributed by atoms with E-state index in [2.05, 4.69) is 9.97 Å². The van der Waals surface area contributed by atoms with Crippen LogP contribution in [0.5, 0.6) is 0 Å². The molecule has 0 saturated carbocycles. The van der Waals surface area contributed by atoms with E-state index in [9.17, 15) is 9.59 Å². The summed E-state index contributed by atoms with van der Waals surface area (Å²) < 4.78 is 0. The second kappa shape index (κ2) is 6.59. The highest BCUT2D eigenvalue weighted by Crippen LogP contribution is 2.27. The molecule has 32 heavy (non-hydrogen) atoms. The fraction of sp³-hybridized carbons (Fsp3) is 0.0769. The van der Waals surface area contributed by atoms with Gasteiger partial charge >= 0.3 is 0 Å². The van der Waals surface area contributed by atoms with E-state index in [4.69, 9.17) is 9.97 Å². The predicted molar refractivity (Wildman–Crippen MR) is 129 cm³/mol. The third-order valence-electron chi connectivity index (χ3n) is 5.73. The number of fused-ring (bicyclic) bond motifs is 8. The van der Waals surface area contributed by atoms with E-state index >= 15 is 0 Å². The summed E-state index contributed by atoms with van der Waals surface area (Å²) in [6, 6.07) is 18.3. The van der Waals surface area contributed by atoms with Crippen LogP contribution in [0.3, 0.4) is 0 Å². The lowest BCUT2D eigenvalue weighted by Crippen LogP contribution is -1.99. The first-order chi connectivity index (χ1) is 15.7. The quantitative estimate of drug-likeness (QED) is 0.330. The molecule has 0 saturated heterocycles. The van der Waals surface area contributed by atoms with Crippen molar-refractivity contribution in [2.45, 2.75) is 13.8 Å². The van der Waals surface area contributed by atoms with Crippen molar-refractivity contribution in [1.82, 2.24) is 19.9 Å². The van der Waals surface area contributed by atoms with Gasteiger partial charge in [-0.2, -0.15) is 0 Å². The molecule has 2 heterocycles. The Bertz CT molecular complexity index is 1810. The van der Waals surface area contributed by atoms with Crippen LogP contribution in [0.4, 0.5) is 0 Å². The molecule has 0 atom stereocenters. The number of aromatic nitrogens is 4. The lowest BCUT2D eigenvalue weighted by Gasteiger charge is -2.02. The molecule has 0 spiro atoms. The molecule has 0 radical (unpaired) electrons. The molecule has 7 aromatic rings. The molecular formula is C26H16N4O2. The van der Waals surface area contributed by atoms with Gasteiger partial charge in [-0.05, 0) is 12.1 Å². The number of hydrogen-bond acceptors (Lipinski definition) is 6. The van der Waals surface area contributed by atoms with E-state index < -0.39 is 0 Å². The minimum absolute atomic E-state index is 0.116. The zero-order chi connectivity index (χ0) is 22.0. The van der Waals surface area contributed by atoms with E-state index in [0.717, 1.165) is 10.8 Å². The largest absolute Gasteiger partial charge is 0.287 e. The van der Waals surface area contributed by atoms with Crippen LogP contribution in [0, 0.1) is 0 Å². The fourth-order valence-electron chi connectivity index (χ4n) is 4.33. The summed E-state index contributed by atoms with van der Waals surface area (Å²) in [5.41, 5.74) is 4.04. The topological polar surface area (TPSA) is 85.7 Å². The minimum atomic E-state index is -0.116. The lowest BCUT2D eigenvalue weighted by atomic mass is 10.2. The Balaban J connectivity index is 0.000000953. The number of rotatable bonds is 0. The fourth-order valence-corrected chi connectivity index (χ4v) is 4.33. The molecule has 6 nitrogen and oxygen atoms in total. The van der Waals surface area contributed by atoms with Gasteiger partial charge in [0.05, 0.1) is 22.1 Å². The van der Waals surface area contributed by atoms with Gasteiger partial charge in [0, 0.05) is 21.5 Å². The molecule has 0 N–H and O–H groups in total. The first-order valence-electron chi connectivity index (χ1n) is 10.5. The highest BCUT2D eigenvalue weighted by Gasteiger charge is 2.17. The molecular weight excluding hydrogens is 400 g/mol. The smallest absolute Gasteiger partial charge is 0.214 e. The highest BCUT2D eigenvalue weighted by molar-refractivity contribution is 6.12. The zero-order valence-electron chi connectivity index (χ0n) is 17.4. The first-order valence-corrected chi connectivity index (χ1v) is 10.5. The summed E-state index contributed by atoms with van der Waals surface area (Å²) in [4.78, 5) is 44.2. The summed E-state index contributed by atoms with van der Waals surface area (Å²) in [6.45, 7) is 4.00. The zero-order valence-corrected chi connectivity index (χ0v) is 17.4. The molecule has 0 bridgehead atoms. The van der Waals surface area contributed by atoms with Crippen LogP contribution in [0.15, 0.2) is 70.3 Å². The van der Waals surface area contributed by atoms with Crippen molar-refractivity contribution >= 4 is 65.7 Å². The van der Waals surface area contributed by atoms with Crippen molar-refractivity contribution in [3.05, 3.63) is 81.1 Å². The molecule has 6 heteroatoms. The van der Waals surface area contributed by atoms with E-state index in [1.165, 1.54) is 0 Å². The van der Waals surface area contributed by atoms with Gasteiger partial charge in [0.2, 0.25) is 10.9 Å². The Morgan fingerprint density at radius 1 is 0.469 bits per heavy atom. The SMILES string of the molecule is CC.O=c1c2ccccc2c2nc3cc4nc5c(=O)c6ccccc6c5nc4cc3nc12. The average Bonchev–Trinajstić information content (AvgIpc) is 3.28. The predicted octanol–water partition coefficient (Wildman–Crippen LogP) is 4.81. The van der Waals surface area contributed by atoms with Gasteiger partial charge < -0.3 is 0 Å². The molecule has 0 unspecified atom stereocenters. The normalized spacial score (nSPS) is 11.7. The molecule has 0 aliphatic carbocycles. The Morgan fingerprint density at radius 2 is 0.781 bits per heavy atom. The van der Waals surface area contributed by atoms with Gasteiger partial charge in [-0.15, -0.1) is 0 Å². The van der Waals surface area contributed by atoms with Crippen LogP contribution in [-0.4, -0.2) is 19.9 Å². The molecule has 0 amide bonds. The van der Waals surface area contributed by atoms with Crippen LogP contribution in [0.1, 0.15) is 13.8 Å². The lowest BCUT2D eigenvalue weighted by molar-refractivity contribution is 1.38. The van der Waals surface area contributed by atoms with Gasteiger partial charge in [-0.3, -0.25) is 9.59 Å². The van der Waals surface area contributed by atoms with Crippen molar-refractivity contribution < 1.29 is 0 Å². The van der Waals surface area contributed by atoms with E-state index in [1.54, 1.807) is 24.3 Å². The Hall–Kier alpha value is -4.32. The van der Waals surface area contributed by atoms with E-state index in [1.807, 2.05) is 50.2 Å². The van der Waals surface area contributed by atoms with Gasteiger partial charge in [0.25, 0.3) is 0 Å². The van der Waals surface area contributed by atoms with Gasteiger partial charge in [-0.25, -0.2) is 19.9 Å².